The monoisotopic (exact) mass is 584 g/mol. The van der Waals surface area contributed by atoms with Crippen molar-refractivity contribution in [3.63, 3.8) is 0 Å². The van der Waals surface area contributed by atoms with Crippen molar-refractivity contribution >= 4 is 65.8 Å². The molecule has 0 heterocycles. The highest BCUT2D eigenvalue weighted by atomic mass is 127. The molecule has 0 aromatic heterocycles. The van der Waals surface area contributed by atoms with Gasteiger partial charge in [-0.2, -0.15) is 0 Å². The number of rotatable bonds is 6. The van der Waals surface area contributed by atoms with Crippen LogP contribution in [-0.4, -0.2) is 20.9 Å². The highest BCUT2D eigenvalue weighted by molar-refractivity contribution is 14.1. The maximum Gasteiger partial charge on any atom is 0.264 e. The largest absolute Gasteiger partial charge is 0.325 e. The summed E-state index contributed by atoms with van der Waals surface area (Å²) in [6, 6.07) is 20.7. The predicted molar refractivity (Wildman–Crippen MR) is 128 cm³/mol. The van der Waals surface area contributed by atoms with Crippen LogP contribution in [0.2, 0.25) is 0 Å². The number of hydrogen-bond donors (Lipinski definition) is 1. The molecule has 0 aliphatic heterocycles. The molecule has 0 radical (unpaired) electrons. The number of sulfonamides is 1. The van der Waals surface area contributed by atoms with Crippen molar-refractivity contribution in [2.45, 2.75) is 11.8 Å². The minimum absolute atomic E-state index is 0.130. The van der Waals surface area contributed by atoms with E-state index in [2.05, 4.69) is 43.8 Å². The Balaban J connectivity index is 1.93. The second kappa shape index (κ2) is 9.27. The fourth-order valence-corrected chi connectivity index (χ4v) is 4.81. The molecule has 0 saturated heterocycles. The number of halogens is 2. The van der Waals surface area contributed by atoms with Gasteiger partial charge in [-0.15, -0.1) is 0 Å². The minimum Gasteiger partial charge on any atom is -0.325 e. The lowest BCUT2D eigenvalue weighted by molar-refractivity contribution is -0.114. The molecule has 3 rings (SSSR count). The van der Waals surface area contributed by atoms with Crippen LogP contribution in [0.15, 0.2) is 82.2 Å². The first-order valence-corrected chi connectivity index (χ1v) is 12.0. The number of hydrogen-bond acceptors (Lipinski definition) is 3. The van der Waals surface area contributed by atoms with Gasteiger partial charge in [0.2, 0.25) is 5.91 Å². The van der Waals surface area contributed by atoms with Crippen molar-refractivity contribution in [1.29, 1.82) is 0 Å². The van der Waals surface area contributed by atoms with Gasteiger partial charge >= 0.3 is 0 Å². The zero-order valence-corrected chi connectivity index (χ0v) is 20.0. The molecule has 0 fully saturated rings. The molecule has 0 atom stereocenters. The molecule has 0 saturated carbocycles. The smallest absolute Gasteiger partial charge is 0.264 e. The molecule has 8 heteroatoms. The zero-order valence-electron chi connectivity index (χ0n) is 15.5. The van der Waals surface area contributed by atoms with Crippen molar-refractivity contribution in [2.75, 3.05) is 16.2 Å². The molecular weight excluding hydrogens is 567 g/mol. The number of nitrogens with zero attached hydrogens (tertiary/aromatic N) is 1. The molecule has 1 amide bonds. The first kappa shape index (κ1) is 21.8. The number of anilines is 2. The third kappa shape index (κ3) is 5.58. The standard InChI is InChI=1S/C21H18BrIN2O3S/c1-15-5-11-20(12-6-15)29(27,28)25(19-4-2-3-16(22)13-19)14-21(26)24-18-9-7-17(23)8-10-18/h2-13H,14H2,1H3,(H,24,26). The topological polar surface area (TPSA) is 66.5 Å². The van der Waals surface area contributed by atoms with Crippen LogP contribution in [0.25, 0.3) is 0 Å². The van der Waals surface area contributed by atoms with E-state index in [0.29, 0.717) is 11.4 Å². The predicted octanol–water partition coefficient (Wildman–Crippen LogP) is 5.20. The summed E-state index contributed by atoms with van der Waals surface area (Å²) in [6.07, 6.45) is 0. The molecule has 0 spiro atoms. The Morgan fingerprint density at radius 1 is 1.03 bits per heavy atom. The molecule has 0 aliphatic rings. The van der Waals surface area contributed by atoms with Crippen molar-refractivity contribution in [1.82, 2.24) is 0 Å². The zero-order chi connectivity index (χ0) is 21.0. The molecule has 29 heavy (non-hydrogen) atoms. The van der Waals surface area contributed by atoms with Gasteiger partial charge in [0.15, 0.2) is 0 Å². The van der Waals surface area contributed by atoms with E-state index in [9.17, 15) is 13.2 Å². The van der Waals surface area contributed by atoms with Crippen LogP contribution in [0.1, 0.15) is 5.56 Å². The molecule has 5 nitrogen and oxygen atoms in total. The van der Waals surface area contributed by atoms with Gasteiger partial charge < -0.3 is 5.32 Å². The number of aryl methyl sites for hydroxylation is 1. The third-order valence-corrected chi connectivity index (χ3v) is 7.12. The van der Waals surface area contributed by atoms with Gasteiger partial charge in [0.1, 0.15) is 6.54 Å². The maximum atomic E-state index is 13.3. The van der Waals surface area contributed by atoms with E-state index in [4.69, 9.17) is 0 Å². The number of amides is 1. The fraction of sp³-hybridized carbons (Fsp3) is 0.0952. The van der Waals surface area contributed by atoms with Crippen LogP contribution >= 0.6 is 38.5 Å². The molecule has 0 unspecified atom stereocenters. The number of benzene rings is 3. The molecule has 1 N–H and O–H groups in total. The molecule has 0 aliphatic carbocycles. The molecule has 3 aromatic rings. The van der Waals surface area contributed by atoms with E-state index in [1.165, 1.54) is 0 Å². The van der Waals surface area contributed by atoms with Crippen LogP contribution in [0.3, 0.4) is 0 Å². The summed E-state index contributed by atoms with van der Waals surface area (Å²) in [5, 5.41) is 2.76. The summed E-state index contributed by atoms with van der Waals surface area (Å²) in [5.74, 6) is -0.429. The van der Waals surface area contributed by atoms with E-state index in [0.717, 1.165) is 17.9 Å². The van der Waals surface area contributed by atoms with Gasteiger partial charge in [-0.3, -0.25) is 9.10 Å². The van der Waals surface area contributed by atoms with Crippen molar-refractivity contribution in [3.8, 4) is 0 Å². The quantitative estimate of drug-likeness (QED) is 0.405. The van der Waals surface area contributed by atoms with Crippen molar-refractivity contribution in [3.05, 3.63) is 86.4 Å². The maximum absolute atomic E-state index is 13.3. The summed E-state index contributed by atoms with van der Waals surface area (Å²) in [6.45, 7) is 1.54. The first-order chi connectivity index (χ1) is 13.8. The lowest BCUT2D eigenvalue weighted by Gasteiger charge is -2.24. The third-order valence-electron chi connectivity index (χ3n) is 4.12. The first-order valence-electron chi connectivity index (χ1n) is 8.66. The average molecular weight is 585 g/mol. The minimum atomic E-state index is -3.93. The summed E-state index contributed by atoms with van der Waals surface area (Å²) >= 11 is 5.54. The Hall–Kier alpha value is -1.91. The van der Waals surface area contributed by atoms with E-state index in [1.54, 1.807) is 60.7 Å². The van der Waals surface area contributed by atoms with E-state index >= 15 is 0 Å². The summed E-state index contributed by atoms with van der Waals surface area (Å²) < 4.78 is 29.5. The lowest BCUT2D eigenvalue weighted by atomic mass is 10.2. The van der Waals surface area contributed by atoms with Crippen molar-refractivity contribution < 1.29 is 13.2 Å². The normalized spacial score (nSPS) is 11.1. The molecule has 150 valence electrons. The Kier molecular flexibility index (Phi) is 6.97. The van der Waals surface area contributed by atoms with Crippen LogP contribution in [0, 0.1) is 10.5 Å². The van der Waals surface area contributed by atoms with Crippen LogP contribution in [-0.2, 0) is 14.8 Å². The van der Waals surface area contributed by atoms with Gasteiger partial charge in [-0.25, -0.2) is 8.42 Å². The number of carbonyl (C=O) groups is 1. The summed E-state index contributed by atoms with van der Waals surface area (Å²) in [4.78, 5) is 12.8. The highest BCUT2D eigenvalue weighted by Crippen LogP contribution is 2.26. The van der Waals surface area contributed by atoms with Gasteiger partial charge in [0.05, 0.1) is 10.6 Å². The van der Waals surface area contributed by atoms with Gasteiger partial charge in [0.25, 0.3) is 10.0 Å². The van der Waals surface area contributed by atoms with Crippen LogP contribution in [0.5, 0.6) is 0 Å². The van der Waals surface area contributed by atoms with Gasteiger partial charge in [-0.1, -0.05) is 39.7 Å². The Morgan fingerprint density at radius 3 is 2.31 bits per heavy atom. The van der Waals surface area contributed by atoms with Gasteiger partial charge in [0, 0.05) is 13.7 Å². The molecular formula is C21H18BrIN2O3S. The number of nitrogens with one attached hydrogen (secondary N) is 1. The summed E-state index contributed by atoms with van der Waals surface area (Å²) in [5.41, 5.74) is 1.96. The second-order valence-corrected chi connectivity index (χ2v) is 10.4. The SMILES string of the molecule is Cc1ccc(S(=O)(=O)N(CC(=O)Nc2ccc(I)cc2)c2cccc(Br)c2)cc1. The van der Waals surface area contributed by atoms with E-state index < -0.39 is 15.9 Å². The van der Waals surface area contributed by atoms with Crippen molar-refractivity contribution in [2.24, 2.45) is 0 Å². The fourth-order valence-electron chi connectivity index (χ4n) is 2.65. The Labute approximate surface area is 192 Å². The average Bonchev–Trinajstić information content (AvgIpc) is 2.68. The van der Waals surface area contributed by atoms with Crippen LogP contribution < -0.4 is 9.62 Å². The Bertz CT molecular complexity index is 1120. The van der Waals surface area contributed by atoms with Crippen LogP contribution in [0.4, 0.5) is 11.4 Å². The molecule has 3 aromatic carbocycles. The van der Waals surface area contributed by atoms with E-state index in [-0.39, 0.29) is 11.4 Å². The summed E-state index contributed by atoms with van der Waals surface area (Å²) in [7, 11) is -3.93. The van der Waals surface area contributed by atoms with E-state index in [1.807, 2.05) is 19.1 Å². The second-order valence-electron chi connectivity index (χ2n) is 6.36. The number of carbonyl (C=O) groups excluding carboxylic acids is 1. The highest BCUT2D eigenvalue weighted by Gasteiger charge is 2.27. The van der Waals surface area contributed by atoms with Gasteiger partial charge in [-0.05, 0) is 84.1 Å². The lowest BCUT2D eigenvalue weighted by Crippen LogP contribution is -2.38. The molecule has 0 bridgehead atoms. The Morgan fingerprint density at radius 2 is 1.69 bits per heavy atom.